The van der Waals surface area contributed by atoms with Gasteiger partial charge in [-0.05, 0) is 151 Å². The molecule has 1 fully saturated rings. The summed E-state index contributed by atoms with van der Waals surface area (Å²) < 4.78 is 6.09. The minimum absolute atomic E-state index is 0.00138. The maximum absolute atomic E-state index is 14.7. The van der Waals surface area contributed by atoms with Crippen LogP contribution in [0.2, 0.25) is 0 Å². The zero-order chi connectivity index (χ0) is 71.1. The van der Waals surface area contributed by atoms with Gasteiger partial charge in [-0.2, -0.15) is 0 Å². The van der Waals surface area contributed by atoms with Gasteiger partial charge in [-0.3, -0.25) is 19.2 Å². The monoisotopic (exact) mass is 1370 g/mol. The van der Waals surface area contributed by atoms with Crippen molar-refractivity contribution in [2.24, 2.45) is 17.8 Å². The molecule has 522 valence electrons. The molecular weight excluding hydrogens is 1280 g/mol. The number of amides is 2. The van der Waals surface area contributed by atoms with Crippen LogP contribution in [0, 0.1) is 17.8 Å². The van der Waals surface area contributed by atoms with Gasteiger partial charge in [-0.15, -0.1) is 0 Å². The molecule has 16 rings (SSSR count). The third-order valence-electron chi connectivity index (χ3n) is 20.8. The van der Waals surface area contributed by atoms with E-state index in [-0.39, 0.29) is 54.9 Å². The molecule has 0 spiro atoms. The number of fused-ring (bicyclic) bond motifs is 7. The average molecular weight is 1370 g/mol. The number of hydrogen-bond donors (Lipinski definition) is 5. The van der Waals surface area contributed by atoms with Crippen molar-refractivity contribution in [2.75, 3.05) is 19.7 Å². The molecule has 4 atom stereocenters. The lowest BCUT2D eigenvalue weighted by molar-refractivity contribution is -0.147. The van der Waals surface area contributed by atoms with Gasteiger partial charge < -0.3 is 30.7 Å². The Morgan fingerprint density at radius 1 is 0.462 bits per heavy atom. The van der Waals surface area contributed by atoms with Crippen molar-refractivity contribution >= 4 is 56.3 Å². The quantitative estimate of drug-likeness (QED) is 0.0394. The Morgan fingerprint density at radius 2 is 0.875 bits per heavy atom. The number of esters is 1. The predicted molar refractivity (Wildman–Crippen MR) is 418 cm³/mol. The van der Waals surface area contributed by atoms with Crippen molar-refractivity contribution in [3.8, 4) is 33.6 Å². The maximum atomic E-state index is 14.7. The van der Waals surface area contributed by atoms with Crippen LogP contribution in [0.25, 0.3) is 66.3 Å². The number of Topliss-reactive ketones (excluding diaryl/α,β-unsaturated/α-hetero) is 1. The summed E-state index contributed by atoms with van der Waals surface area (Å²) in [6, 6.07) is 81.6. The highest BCUT2D eigenvalue weighted by Crippen LogP contribution is 2.45. The van der Waals surface area contributed by atoms with E-state index < -0.39 is 23.8 Å². The van der Waals surface area contributed by atoms with Crippen LogP contribution in [-0.4, -0.2) is 63.2 Å². The Hall–Kier alpha value is -11.3. The molecule has 3 aliphatic carbocycles. The normalized spacial score (nSPS) is 14.7. The van der Waals surface area contributed by atoms with Crippen LogP contribution in [0.1, 0.15) is 133 Å². The number of ether oxygens (including phenoxy) is 1. The zero-order valence-electron chi connectivity index (χ0n) is 59.2. The van der Waals surface area contributed by atoms with E-state index in [9.17, 15) is 19.2 Å². The van der Waals surface area contributed by atoms with Gasteiger partial charge in [0.1, 0.15) is 24.0 Å². The molecule has 10 aromatic carbocycles. The van der Waals surface area contributed by atoms with Gasteiger partial charge >= 0.3 is 5.97 Å². The summed E-state index contributed by atoms with van der Waals surface area (Å²) in [6.07, 6.45) is 15.0. The Labute approximate surface area is 609 Å². The Bertz CT molecular complexity index is 5010. The lowest BCUT2D eigenvalue weighted by atomic mass is 9.84. The number of nitrogens with one attached hydrogen (secondary N) is 5. The second-order valence-electron chi connectivity index (χ2n) is 27.9. The maximum Gasteiger partial charge on any atom is 0.306 e. The number of allylic oxidation sites excluding steroid dienone is 2. The van der Waals surface area contributed by atoms with E-state index in [1.807, 2.05) is 134 Å². The lowest BCUT2D eigenvalue weighted by Gasteiger charge is -2.26. The smallest absolute Gasteiger partial charge is 0.306 e. The number of carbonyl (C=O) groups is 4. The first-order valence-corrected chi connectivity index (χ1v) is 37.0. The average Bonchev–Trinajstić information content (AvgIpc) is 1.61. The summed E-state index contributed by atoms with van der Waals surface area (Å²) in [7, 11) is 0. The number of benzene rings is 10. The van der Waals surface area contributed by atoms with Crippen molar-refractivity contribution in [2.45, 2.75) is 102 Å². The summed E-state index contributed by atoms with van der Waals surface area (Å²) >= 11 is 0. The van der Waals surface area contributed by atoms with Crippen LogP contribution in [0.4, 0.5) is 0 Å². The van der Waals surface area contributed by atoms with Gasteiger partial charge in [0.15, 0.2) is 0 Å². The molecule has 3 heterocycles. The third kappa shape index (κ3) is 16.3. The Balaban J connectivity index is 0.000000172. The highest BCUT2D eigenvalue weighted by atomic mass is 16.5. The third-order valence-corrected chi connectivity index (χ3v) is 20.8. The number of nitrogens with zero attached hydrogens (tertiary/aromatic N) is 2. The van der Waals surface area contributed by atoms with Crippen molar-refractivity contribution in [3.63, 3.8) is 0 Å². The van der Waals surface area contributed by atoms with E-state index in [1.54, 1.807) is 0 Å². The number of ketones is 1. The van der Waals surface area contributed by atoms with E-state index in [0.717, 1.165) is 105 Å². The van der Waals surface area contributed by atoms with Gasteiger partial charge in [0.25, 0.3) is 0 Å². The molecule has 0 radical (unpaired) electrons. The molecule has 0 bridgehead atoms. The van der Waals surface area contributed by atoms with Crippen LogP contribution >= 0.6 is 0 Å². The Morgan fingerprint density at radius 3 is 1.37 bits per heavy atom. The fraction of sp³-hybridized carbons (Fsp3) is 0.239. The summed E-state index contributed by atoms with van der Waals surface area (Å²) in [5.74, 6) is -0.383. The first-order chi connectivity index (χ1) is 51.1. The molecule has 4 aliphatic rings. The lowest BCUT2D eigenvalue weighted by Crippen LogP contribution is -2.38. The second-order valence-corrected chi connectivity index (χ2v) is 27.9. The Kier molecular flexibility index (Phi) is 22.3. The zero-order valence-corrected chi connectivity index (χ0v) is 59.2. The van der Waals surface area contributed by atoms with Crippen LogP contribution < -0.4 is 16.0 Å². The molecule has 1 saturated heterocycles. The molecular formula is C92H89N7O5. The molecule has 104 heavy (non-hydrogen) atoms. The summed E-state index contributed by atoms with van der Waals surface area (Å²) in [4.78, 5) is 73.3. The second kappa shape index (κ2) is 33.2. The van der Waals surface area contributed by atoms with Gasteiger partial charge in [0.05, 0.1) is 48.2 Å². The van der Waals surface area contributed by atoms with Crippen LogP contribution in [0.3, 0.4) is 0 Å². The van der Waals surface area contributed by atoms with Crippen LogP contribution in [-0.2, 0) is 49.6 Å². The molecule has 5 N–H and O–H groups in total. The van der Waals surface area contributed by atoms with Gasteiger partial charge in [-0.25, -0.2) is 9.97 Å². The van der Waals surface area contributed by atoms with Crippen LogP contribution in [0.15, 0.2) is 267 Å². The molecule has 12 heteroatoms. The molecule has 2 amide bonds. The summed E-state index contributed by atoms with van der Waals surface area (Å²) in [6.45, 7) is 6.15. The molecule has 12 aromatic rings. The summed E-state index contributed by atoms with van der Waals surface area (Å²) in [5, 5.41) is 14.5. The van der Waals surface area contributed by atoms with E-state index in [1.165, 1.54) is 50.9 Å². The van der Waals surface area contributed by atoms with Crippen LogP contribution in [0.5, 0.6) is 0 Å². The molecule has 0 saturated carbocycles. The van der Waals surface area contributed by atoms with Crippen molar-refractivity contribution < 1.29 is 23.9 Å². The first kappa shape index (κ1) is 69.7. The molecule has 1 aliphatic heterocycles. The number of aromatic nitrogens is 4. The van der Waals surface area contributed by atoms with Crippen molar-refractivity contribution in [3.05, 3.63) is 323 Å². The highest BCUT2D eigenvalue weighted by molar-refractivity contribution is 5.92. The predicted octanol–water partition coefficient (Wildman–Crippen LogP) is 18.7. The number of imidazole rings is 2. The van der Waals surface area contributed by atoms with E-state index in [0.29, 0.717) is 37.3 Å². The highest BCUT2D eigenvalue weighted by Gasteiger charge is 2.35. The standard InChI is InChI=1S/C49H41N3O3.C40H40N4O2.C3H8/c53-47(55-31-44-42-23-10-8-21-40(42)41-22-9-11-24-43(41)44)29-37(27-35-18-12-17-32-13-4-6-19-38(32)35)49(54)52-45(28-36-26-25-33-14-5-7-20-39(33)36)48-50-30-46(51-48)34-15-2-1-3-16-34;45-38(30-19-21-41-22-20-30)25-33(23-31-14-8-13-27-9-4-6-15-34(27)31)40(46)44-36(24-32-18-17-28-10-5-7-16-35(28)32)39-42-26-37(43-39)29-11-2-1-3-12-29;1-3-2/h1-24,26,30,37,44-45H,25,27-29,31H2,(H,50,51)(H,52,54);1-16,18,26,30,33,36,41H,17,19-25H2,(H,42,43)(H,44,46);3H2,1-2H3/t37-,45+;33-,36+;/m00./s1. The fourth-order valence-corrected chi connectivity index (χ4v) is 15.5. The molecule has 0 unspecified atom stereocenters. The fourth-order valence-electron chi connectivity index (χ4n) is 15.5. The van der Waals surface area contributed by atoms with E-state index >= 15 is 0 Å². The van der Waals surface area contributed by atoms with Gasteiger partial charge in [0, 0.05) is 37.0 Å². The number of H-pyrrole nitrogens is 2. The van der Waals surface area contributed by atoms with E-state index in [4.69, 9.17) is 14.7 Å². The van der Waals surface area contributed by atoms with Gasteiger partial charge in [0.2, 0.25) is 11.8 Å². The minimum atomic E-state index is -0.683. The van der Waals surface area contributed by atoms with Crippen molar-refractivity contribution in [1.82, 2.24) is 35.9 Å². The minimum Gasteiger partial charge on any atom is -0.465 e. The molecule has 12 nitrogen and oxygen atoms in total. The largest absolute Gasteiger partial charge is 0.465 e. The van der Waals surface area contributed by atoms with Gasteiger partial charge in [-0.1, -0.05) is 275 Å². The number of aromatic amines is 2. The number of piperidine rings is 1. The summed E-state index contributed by atoms with van der Waals surface area (Å²) in [5.41, 5.74) is 18.0. The number of rotatable bonds is 23. The number of carbonyl (C=O) groups excluding carboxylic acids is 4. The topological polar surface area (TPSA) is 171 Å². The van der Waals surface area contributed by atoms with Crippen molar-refractivity contribution in [1.29, 1.82) is 0 Å². The number of hydrogen-bond acceptors (Lipinski definition) is 8. The SMILES string of the molecule is CCC.O=C(C[C@H](Cc1cccc2ccccc12)C(=O)N[C@H](CC1=CCc2ccccc21)c1ncc(-c2ccccc2)[nH]1)C1CCNCC1.O=C(C[C@H](Cc1cccc2ccccc12)C(=O)N[C@H](CC1=CCc2ccccc21)c1ncc(-c2ccccc2)[nH]1)OCC1c2ccccc2-c2ccccc21. The molecule has 2 aromatic heterocycles. The first-order valence-electron chi connectivity index (χ1n) is 37.0. The van der Waals surface area contributed by atoms with E-state index in [2.05, 4.69) is 173 Å².